The van der Waals surface area contributed by atoms with Crippen LogP contribution in [0.5, 0.6) is 0 Å². The van der Waals surface area contributed by atoms with Crippen molar-refractivity contribution < 1.29 is 14.3 Å². The van der Waals surface area contributed by atoms with Crippen LogP contribution in [-0.2, 0) is 9.53 Å². The van der Waals surface area contributed by atoms with Crippen molar-refractivity contribution in [2.45, 2.75) is 26.8 Å². The molecule has 1 aromatic carbocycles. The van der Waals surface area contributed by atoms with Gasteiger partial charge < -0.3 is 10.1 Å². The van der Waals surface area contributed by atoms with Gasteiger partial charge in [-0.1, -0.05) is 23.5 Å². The van der Waals surface area contributed by atoms with E-state index >= 15 is 0 Å². The van der Waals surface area contributed by atoms with Crippen LogP contribution in [0, 0.1) is 6.92 Å². The third-order valence-electron chi connectivity index (χ3n) is 3.97. The van der Waals surface area contributed by atoms with Crippen LogP contribution in [0.2, 0.25) is 0 Å². The fraction of sp³-hybridized carbons (Fsp3) is 0.278. The summed E-state index contributed by atoms with van der Waals surface area (Å²) < 4.78 is 6.23. The zero-order valence-corrected chi connectivity index (χ0v) is 15.9. The standard InChI is InChI=1S/C18H18N4O4S/c1-4-26-17(25)14-10(2)20-18(27-14)21-15(23)11(3)22-9-19-13-8-6-5-7-12(13)16(22)24/h5-9,11H,4H2,1-3H3,(H,20,21,23)/t11-/m1/s1. The first kappa shape index (κ1) is 18.7. The van der Waals surface area contributed by atoms with Gasteiger partial charge in [0.05, 0.1) is 29.5 Å². The maximum atomic E-state index is 12.6. The van der Waals surface area contributed by atoms with Gasteiger partial charge in [-0.15, -0.1) is 0 Å². The summed E-state index contributed by atoms with van der Waals surface area (Å²) in [6, 6.07) is 6.14. The van der Waals surface area contributed by atoms with Crippen molar-refractivity contribution in [2.24, 2.45) is 0 Å². The highest BCUT2D eigenvalue weighted by Crippen LogP contribution is 2.24. The van der Waals surface area contributed by atoms with E-state index in [2.05, 4.69) is 15.3 Å². The van der Waals surface area contributed by atoms with Crippen molar-refractivity contribution in [3.05, 3.63) is 51.5 Å². The molecule has 1 atom stereocenters. The Labute approximate surface area is 158 Å². The first-order chi connectivity index (χ1) is 12.9. The van der Waals surface area contributed by atoms with E-state index in [9.17, 15) is 14.4 Å². The summed E-state index contributed by atoms with van der Waals surface area (Å²) >= 11 is 1.03. The number of hydrogen-bond acceptors (Lipinski definition) is 7. The number of aryl methyl sites for hydroxylation is 1. The predicted octanol–water partition coefficient (Wildman–Crippen LogP) is 2.54. The Bertz CT molecular complexity index is 1070. The van der Waals surface area contributed by atoms with E-state index in [4.69, 9.17) is 4.74 Å². The molecule has 0 saturated heterocycles. The Morgan fingerprint density at radius 1 is 1.33 bits per heavy atom. The number of fused-ring (bicyclic) bond motifs is 1. The Hall–Kier alpha value is -3.07. The number of carbonyl (C=O) groups excluding carboxylic acids is 2. The molecule has 2 aromatic heterocycles. The Kier molecular flexibility index (Phi) is 5.31. The minimum Gasteiger partial charge on any atom is -0.462 e. The number of amides is 1. The van der Waals surface area contributed by atoms with Crippen LogP contribution >= 0.6 is 11.3 Å². The second-order valence-electron chi connectivity index (χ2n) is 5.79. The van der Waals surface area contributed by atoms with Crippen LogP contribution in [0.15, 0.2) is 35.4 Å². The molecule has 140 valence electrons. The summed E-state index contributed by atoms with van der Waals surface area (Å²) in [5, 5.41) is 3.36. The van der Waals surface area contributed by atoms with Crippen molar-refractivity contribution in [3.63, 3.8) is 0 Å². The lowest BCUT2D eigenvalue weighted by molar-refractivity contribution is -0.118. The molecular formula is C18H18N4O4S. The number of ether oxygens (including phenoxy) is 1. The van der Waals surface area contributed by atoms with Gasteiger partial charge in [-0.3, -0.25) is 14.2 Å². The molecule has 8 nitrogen and oxygen atoms in total. The topological polar surface area (TPSA) is 103 Å². The molecule has 2 heterocycles. The summed E-state index contributed by atoms with van der Waals surface area (Å²) in [5.74, 6) is -0.908. The van der Waals surface area contributed by atoms with E-state index in [1.54, 1.807) is 45.0 Å². The summed E-state index contributed by atoms with van der Waals surface area (Å²) in [6.07, 6.45) is 1.35. The quantitative estimate of drug-likeness (QED) is 0.676. The smallest absolute Gasteiger partial charge is 0.350 e. The number of nitrogens with one attached hydrogen (secondary N) is 1. The van der Waals surface area contributed by atoms with E-state index in [0.717, 1.165) is 11.3 Å². The number of anilines is 1. The number of para-hydroxylation sites is 1. The van der Waals surface area contributed by atoms with Gasteiger partial charge in [0, 0.05) is 0 Å². The van der Waals surface area contributed by atoms with E-state index in [-0.39, 0.29) is 17.3 Å². The molecule has 27 heavy (non-hydrogen) atoms. The highest BCUT2D eigenvalue weighted by Gasteiger charge is 2.21. The molecule has 1 N–H and O–H groups in total. The second-order valence-corrected chi connectivity index (χ2v) is 6.79. The van der Waals surface area contributed by atoms with Crippen LogP contribution in [-0.4, -0.2) is 33.0 Å². The summed E-state index contributed by atoms with van der Waals surface area (Å²) in [5.41, 5.74) is 0.748. The maximum absolute atomic E-state index is 12.6. The van der Waals surface area contributed by atoms with Gasteiger partial charge in [0.1, 0.15) is 10.9 Å². The largest absolute Gasteiger partial charge is 0.462 e. The third kappa shape index (κ3) is 3.72. The molecule has 1 amide bonds. The van der Waals surface area contributed by atoms with E-state index in [1.807, 2.05) is 0 Å². The molecule has 3 aromatic rings. The molecule has 9 heteroatoms. The number of rotatable bonds is 5. The Morgan fingerprint density at radius 3 is 2.81 bits per heavy atom. The van der Waals surface area contributed by atoms with Gasteiger partial charge in [0.2, 0.25) is 5.91 Å². The highest BCUT2D eigenvalue weighted by molar-refractivity contribution is 7.17. The molecule has 0 bridgehead atoms. The number of carbonyl (C=O) groups is 2. The van der Waals surface area contributed by atoms with Gasteiger partial charge in [-0.05, 0) is 32.9 Å². The number of aromatic nitrogens is 3. The molecule has 0 aliphatic carbocycles. The lowest BCUT2D eigenvalue weighted by Gasteiger charge is -2.14. The first-order valence-corrected chi connectivity index (χ1v) is 9.15. The Morgan fingerprint density at radius 2 is 2.07 bits per heavy atom. The molecule has 0 spiro atoms. The molecule has 0 saturated carbocycles. The summed E-state index contributed by atoms with van der Waals surface area (Å²) in [6.45, 7) is 5.24. The van der Waals surface area contributed by atoms with Crippen LogP contribution in [0.3, 0.4) is 0 Å². The summed E-state index contributed by atoms with van der Waals surface area (Å²) in [7, 11) is 0. The monoisotopic (exact) mass is 386 g/mol. The normalized spacial score (nSPS) is 12.0. The zero-order valence-electron chi connectivity index (χ0n) is 15.1. The van der Waals surface area contributed by atoms with Crippen LogP contribution in [0.4, 0.5) is 5.13 Å². The van der Waals surface area contributed by atoms with Crippen molar-refractivity contribution in [2.75, 3.05) is 11.9 Å². The van der Waals surface area contributed by atoms with Crippen molar-refractivity contribution in [3.8, 4) is 0 Å². The van der Waals surface area contributed by atoms with Gasteiger partial charge in [-0.25, -0.2) is 14.8 Å². The molecule has 0 aliphatic rings. The Balaban J connectivity index is 1.83. The zero-order chi connectivity index (χ0) is 19.6. The average molecular weight is 386 g/mol. The fourth-order valence-electron chi connectivity index (χ4n) is 2.53. The van der Waals surface area contributed by atoms with Gasteiger partial charge in [0.25, 0.3) is 5.56 Å². The SMILES string of the molecule is CCOC(=O)c1sc(NC(=O)[C@@H](C)n2cnc3ccccc3c2=O)nc1C. The third-order valence-corrected chi connectivity index (χ3v) is 5.03. The highest BCUT2D eigenvalue weighted by atomic mass is 32.1. The van der Waals surface area contributed by atoms with E-state index in [0.29, 0.717) is 21.5 Å². The number of thiazole rings is 1. The summed E-state index contributed by atoms with van der Waals surface area (Å²) in [4.78, 5) is 45.8. The van der Waals surface area contributed by atoms with Gasteiger partial charge in [-0.2, -0.15) is 0 Å². The number of hydrogen-bond donors (Lipinski definition) is 1. The predicted molar refractivity (Wildman–Crippen MR) is 102 cm³/mol. The fourth-order valence-corrected chi connectivity index (χ4v) is 3.39. The van der Waals surface area contributed by atoms with Crippen LogP contribution < -0.4 is 10.9 Å². The van der Waals surface area contributed by atoms with Gasteiger partial charge in [0.15, 0.2) is 5.13 Å². The van der Waals surface area contributed by atoms with Crippen molar-refractivity contribution >= 4 is 39.2 Å². The van der Waals surface area contributed by atoms with Gasteiger partial charge >= 0.3 is 5.97 Å². The first-order valence-electron chi connectivity index (χ1n) is 8.33. The molecule has 0 aliphatic heterocycles. The van der Waals surface area contributed by atoms with Crippen molar-refractivity contribution in [1.82, 2.24) is 14.5 Å². The number of nitrogens with zero attached hydrogens (tertiary/aromatic N) is 3. The van der Waals surface area contributed by atoms with E-state index < -0.39 is 17.9 Å². The van der Waals surface area contributed by atoms with E-state index in [1.165, 1.54) is 10.9 Å². The number of esters is 1. The molecule has 0 radical (unpaired) electrons. The second kappa shape index (κ2) is 7.67. The van der Waals surface area contributed by atoms with Crippen LogP contribution in [0.25, 0.3) is 10.9 Å². The minimum atomic E-state index is -0.801. The maximum Gasteiger partial charge on any atom is 0.350 e. The molecular weight excluding hydrogens is 368 g/mol. The average Bonchev–Trinajstić information content (AvgIpc) is 3.02. The van der Waals surface area contributed by atoms with Crippen LogP contribution in [0.1, 0.15) is 35.3 Å². The minimum absolute atomic E-state index is 0.257. The molecule has 0 unspecified atom stereocenters. The lowest BCUT2D eigenvalue weighted by Crippen LogP contribution is -2.31. The molecule has 0 fully saturated rings. The number of benzene rings is 1. The lowest BCUT2D eigenvalue weighted by atomic mass is 10.2. The molecule has 3 rings (SSSR count). The van der Waals surface area contributed by atoms with Crippen molar-refractivity contribution in [1.29, 1.82) is 0 Å².